The molecule has 0 aromatic heterocycles. The van der Waals surface area contributed by atoms with Crippen LogP contribution in [-0.4, -0.2) is 78.7 Å². The van der Waals surface area contributed by atoms with E-state index < -0.39 is 52.2 Å². The van der Waals surface area contributed by atoms with Crippen molar-refractivity contribution in [2.24, 2.45) is 0 Å². The number of carbonyl (C=O) groups is 4. The number of esters is 1. The van der Waals surface area contributed by atoms with Crippen molar-refractivity contribution in [1.82, 2.24) is 25.2 Å². The summed E-state index contributed by atoms with van der Waals surface area (Å²) >= 11 is 0. The number of hydrogen-bond donors (Lipinski definition) is 2. The fraction of sp³-hybridized carbons (Fsp3) is 0.385. The topological polar surface area (TPSA) is 155 Å². The molecule has 0 saturated carbocycles. The van der Waals surface area contributed by atoms with E-state index in [4.69, 9.17) is 9.47 Å². The van der Waals surface area contributed by atoms with Crippen LogP contribution in [0.5, 0.6) is 0 Å². The van der Waals surface area contributed by atoms with Gasteiger partial charge in [-0.15, -0.1) is 4.83 Å². The van der Waals surface area contributed by atoms with Crippen LogP contribution in [0.15, 0.2) is 65.6 Å². The number of cyclic esters (lactones) is 1. The normalized spacial score (nSPS) is 23.4. The number of carbonyl (C=O) groups excluding carboxylic acids is 4. The first-order valence-corrected chi connectivity index (χ1v) is 14.3. The lowest BCUT2D eigenvalue weighted by atomic mass is 10.1. The third-order valence-electron chi connectivity index (χ3n) is 6.80. The Hall–Kier alpha value is -4.01. The van der Waals surface area contributed by atoms with Crippen LogP contribution in [0.3, 0.4) is 0 Å². The van der Waals surface area contributed by atoms with Crippen molar-refractivity contribution >= 4 is 33.8 Å². The molecule has 4 amide bonds. The van der Waals surface area contributed by atoms with E-state index in [2.05, 4.69) is 10.1 Å². The van der Waals surface area contributed by atoms with Crippen LogP contribution in [0, 0.1) is 0 Å². The number of hydrogen-bond acceptors (Lipinski definition) is 8. The Bertz CT molecular complexity index is 1370. The number of fused-ring (bicyclic) bond motifs is 1. The molecule has 2 aromatic rings. The van der Waals surface area contributed by atoms with E-state index in [9.17, 15) is 27.6 Å². The van der Waals surface area contributed by atoms with Gasteiger partial charge in [0.1, 0.15) is 12.1 Å². The number of sulfonamides is 1. The van der Waals surface area contributed by atoms with Gasteiger partial charge in [0, 0.05) is 19.5 Å². The molecule has 3 aliphatic heterocycles. The molecule has 13 nitrogen and oxygen atoms in total. The molecule has 3 aliphatic rings. The molecule has 3 heterocycles. The minimum absolute atomic E-state index is 0.0596. The standard InChI is InChI=1S/C26H29N5O8S/c32-22-13-15-29(28-40(36,37)19-10-5-2-6-11-19)26(35)31-21(12-7-14-30(22)31)24(34)27-20-16-23(33)39-25(20)38-17-18-8-3-1-4-9-18/h1-6,8-11,20-21,25,28H,7,12-17H2,(H,27,34)/t20-,21-,25?/m0/s1. The molecule has 3 atom stereocenters. The first-order chi connectivity index (χ1) is 19.2. The molecular weight excluding hydrogens is 542 g/mol. The highest BCUT2D eigenvalue weighted by Gasteiger charge is 2.46. The van der Waals surface area contributed by atoms with E-state index in [1.54, 1.807) is 18.2 Å². The van der Waals surface area contributed by atoms with Gasteiger partial charge in [0.25, 0.3) is 10.0 Å². The lowest BCUT2D eigenvalue weighted by Crippen LogP contribution is -2.65. The number of urea groups is 1. The number of nitrogens with one attached hydrogen (secondary N) is 2. The van der Waals surface area contributed by atoms with Gasteiger partial charge in [-0.25, -0.2) is 28.2 Å². The summed E-state index contributed by atoms with van der Waals surface area (Å²) in [7, 11) is -4.14. The average molecular weight is 572 g/mol. The van der Waals surface area contributed by atoms with Crippen LogP contribution < -0.4 is 10.1 Å². The molecule has 0 radical (unpaired) electrons. The molecule has 3 fully saturated rings. The number of ether oxygens (including phenoxy) is 2. The van der Waals surface area contributed by atoms with Crippen LogP contribution in [0.2, 0.25) is 0 Å². The molecule has 212 valence electrons. The second-order valence-electron chi connectivity index (χ2n) is 9.59. The minimum Gasteiger partial charge on any atom is -0.433 e. The molecule has 0 spiro atoms. The summed E-state index contributed by atoms with van der Waals surface area (Å²) in [4.78, 5) is 54.3. The molecule has 5 rings (SSSR count). The number of benzene rings is 2. The van der Waals surface area contributed by atoms with Gasteiger partial charge in [0.05, 0.1) is 17.9 Å². The Morgan fingerprint density at radius 2 is 1.70 bits per heavy atom. The summed E-state index contributed by atoms with van der Waals surface area (Å²) in [6.07, 6.45) is -0.645. The van der Waals surface area contributed by atoms with Gasteiger partial charge in [-0.3, -0.25) is 14.4 Å². The highest BCUT2D eigenvalue weighted by molar-refractivity contribution is 7.89. The molecule has 14 heteroatoms. The minimum atomic E-state index is -4.14. The van der Waals surface area contributed by atoms with Crippen LogP contribution in [0.25, 0.3) is 0 Å². The smallest absolute Gasteiger partial charge is 0.354 e. The average Bonchev–Trinajstić information content (AvgIpc) is 3.26. The zero-order valence-corrected chi connectivity index (χ0v) is 22.3. The van der Waals surface area contributed by atoms with E-state index in [1.165, 1.54) is 17.1 Å². The maximum Gasteiger partial charge on any atom is 0.354 e. The monoisotopic (exact) mass is 571 g/mol. The van der Waals surface area contributed by atoms with Gasteiger partial charge in [0.15, 0.2) is 0 Å². The predicted molar refractivity (Wildman–Crippen MR) is 138 cm³/mol. The van der Waals surface area contributed by atoms with Crippen molar-refractivity contribution in [2.45, 2.75) is 55.6 Å². The lowest BCUT2D eigenvalue weighted by Gasteiger charge is -2.43. The van der Waals surface area contributed by atoms with Gasteiger partial charge >= 0.3 is 12.0 Å². The first kappa shape index (κ1) is 27.6. The van der Waals surface area contributed by atoms with Gasteiger partial charge in [0.2, 0.25) is 18.1 Å². The fourth-order valence-electron chi connectivity index (χ4n) is 4.83. The summed E-state index contributed by atoms with van der Waals surface area (Å²) in [5, 5.41) is 5.76. The summed E-state index contributed by atoms with van der Waals surface area (Å²) in [5.41, 5.74) is 0.852. The fourth-order valence-corrected chi connectivity index (χ4v) is 5.91. The summed E-state index contributed by atoms with van der Waals surface area (Å²) < 4.78 is 36.8. The third kappa shape index (κ3) is 5.93. The molecule has 40 heavy (non-hydrogen) atoms. The predicted octanol–water partition coefficient (Wildman–Crippen LogP) is 0.888. The Labute approximate surface area is 231 Å². The SMILES string of the molecule is O=C1C[C@H](NC(=O)[C@@H]2CCCN3C(=O)CCN(NS(=O)(=O)c4ccccc4)C(=O)N23)C(OCc2ccccc2)O1. The van der Waals surface area contributed by atoms with Crippen molar-refractivity contribution in [3.8, 4) is 0 Å². The van der Waals surface area contributed by atoms with Crippen LogP contribution in [-0.2, 0) is 40.5 Å². The van der Waals surface area contributed by atoms with E-state index in [-0.39, 0.29) is 43.9 Å². The lowest BCUT2D eigenvalue weighted by molar-refractivity contribution is -0.169. The number of amides is 4. The number of hydrazine groups is 2. The Balaban J connectivity index is 1.31. The van der Waals surface area contributed by atoms with E-state index in [0.29, 0.717) is 6.42 Å². The van der Waals surface area contributed by atoms with E-state index >= 15 is 0 Å². The summed E-state index contributed by atoms with van der Waals surface area (Å²) in [6.45, 7) is 0.130. The maximum absolute atomic E-state index is 13.6. The molecule has 0 aliphatic carbocycles. The molecule has 3 saturated heterocycles. The Kier molecular flexibility index (Phi) is 8.00. The summed E-state index contributed by atoms with van der Waals surface area (Å²) in [5.74, 6) is -1.58. The van der Waals surface area contributed by atoms with Crippen LogP contribution in [0.1, 0.15) is 31.2 Å². The van der Waals surface area contributed by atoms with Crippen molar-refractivity contribution in [3.05, 3.63) is 66.2 Å². The van der Waals surface area contributed by atoms with Crippen molar-refractivity contribution in [3.63, 3.8) is 0 Å². The highest BCUT2D eigenvalue weighted by atomic mass is 32.2. The highest BCUT2D eigenvalue weighted by Crippen LogP contribution is 2.25. The molecular formula is C26H29N5O8S. The van der Waals surface area contributed by atoms with Gasteiger partial charge < -0.3 is 14.8 Å². The molecule has 2 aromatic carbocycles. The number of rotatable bonds is 8. The summed E-state index contributed by atoms with van der Waals surface area (Å²) in [6, 6.07) is 13.9. The van der Waals surface area contributed by atoms with Crippen LogP contribution in [0.4, 0.5) is 4.79 Å². The van der Waals surface area contributed by atoms with E-state index in [1.807, 2.05) is 30.3 Å². The maximum atomic E-state index is 13.6. The molecule has 2 N–H and O–H groups in total. The van der Waals surface area contributed by atoms with Crippen molar-refractivity contribution in [2.75, 3.05) is 13.1 Å². The zero-order chi connectivity index (χ0) is 28.3. The molecule has 1 unspecified atom stereocenters. The number of nitrogens with zero attached hydrogens (tertiary/aromatic N) is 3. The largest absolute Gasteiger partial charge is 0.433 e. The Morgan fingerprint density at radius 3 is 2.42 bits per heavy atom. The van der Waals surface area contributed by atoms with Gasteiger partial charge in [-0.1, -0.05) is 48.5 Å². The second kappa shape index (κ2) is 11.6. The van der Waals surface area contributed by atoms with Crippen molar-refractivity contribution < 1.29 is 37.1 Å². The molecule has 0 bridgehead atoms. The second-order valence-corrected chi connectivity index (χ2v) is 11.2. The van der Waals surface area contributed by atoms with Crippen LogP contribution >= 0.6 is 0 Å². The first-order valence-electron chi connectivity index (χ1n) is 12.9. The van der Waals surface area contributed by atoms with E-state index in [0.717, 1.165) is 15.6 Å². The quantitative estimate of drug-likeness (QED) is 0.443. The van der Waals surface area contributed by atoms with Gasteiger partial charge in [-0.05, 0) is 30.5 Å². The third-order valence-corrected chi connectivity index (χ3v) is 8.15. The van der Waals surface area contributed by atoms with Gasteiger partial charge in [-0.2, -0.15) is 0 Å². The van der Waals surface area contributed by atoms with Crippen molar-refractivity contribution in [1.29, 1.82) is 0 Å². The Morgan fingerprint density at radius 1 is 1.00 bits per heavy atom. The zero-order valence-electron chi connectivity index (χ0n) is 21.5.